The van der Waals surface area contributed by atoms with Gasteiger partial charge in [0.2, 0.25) is 0 Å². The van der Waals surface area contributed by atoms with E-state index in [9.17, 15) is 9.59 Å². The molecule has 0 amide bonds. The predicted molar refractivity (Wildman–Crippen MR) is 141 cm³/mol. The summed E-state index contributed by atoms with van der Waals surface area (Å²) >= 11 is 0. The number of morpholine rings is 1. The molecule has 190 valence electrons. The average molecular weight is 492 g/mol. The van der Waals surface area contributed by atoms with Crippen LogP contribution in [0.3, 0.4) is 0 Å². The standard InChI is InChI=1S/C27H33N5O4/c1-2-3-12-36-27(34)20-7-4-6-19(15-20)17-32(29)18-23(28)21-8-5-9-22-24(33)16-25(30-26(21)22)31-10-13-35-14-11-31/h4-9,15-16,18H,2-3,10-14,17,28-29H2,1H3,(H,30,33)/b23-18-. The molecule has 3 aromatic rings. The summed E-state index contributed by atoms with van der Waals surface area (Å²) in [6, 6.07) is 14.2. The monoisotopic (exact) mass is 491 g/mol. The van der Waals surface area contributed by atoms with Crippen LogP contribution in [0.25, 0.3) is 16.6 Å². The summed E-state index contributed by atoms with van der Waals surface area (Å²) < 4.78 is 10.7. The zero-order chi connectivity index (χ0) is 25.5. The molecule has 5 N–H and O–H groups in total. The molecule has 9 heteroatoms. The Labute approximate surface area is 210 Å². The molecule has 0 atom stereocenters. The van der Waals surface area contributed by atoms with Gasteiger partial charge in [0.15, 0.2) is 5.43 Å². The summed E-state index contributed by atoms with van der Waals surface area (Å²) in [5, 5.41) is 2.01. The number of ether oxygens (including phenoxy) is 2. The number of hydrogen-bond acceptors (Lipinski definition) is 8. The highest BCUT2D eigenvalue weighted by Crippen LogP contribution is 2.23. The number of benzene rings is 2. The Balaban J connectivity index is 1.54. The van der Waals surface area contributed by atoms with Gasteiger partial charge >= 0.3 is 5.97 Å². The number of hydrogen-bond donors (Lipinski definition) is 3. The summed E-state index contributed by atoms with van der Waals surface area (Å²) in [7, 11) is 0. The fraction of sp³-hybridized carbons (Fsp3) is 0.333. The van der Waals surface area contributed by atoms with E-state index in [1.54, 1.807) is 42.6 Å². The van der Waals surface area contributed by atoms with Crippen molar-refractivity contribution >= 4 is 28.4 Å². The van der Waals surface area contributed by atoms with Gasteiger partial charge in [-0.2, -0.15) is 0 Å². The highest BCUT2D eigenvalue weighted by Gasteiger charge is 2.16. The number of nitrogens with two attached hydrogens (primary N) is 2. The lowest BCUT2D eigenvalue weighted by atomic mass is 10.1. The zero-order valence-corrected chi connectivity index (χ0v) is 20.5. The average Bonchev–Trinajstić information content (AvgIpc) is 2.89. The van der Waals surface area contributed by atoms with Gasteiger partial charge in [0.25, 0.3) is 0 Å². The van der Waals surface area contributed by atoms with Crippen molar-refractivity contribution in [3.63, 3.8) is 0 Å². The lowest BCUT2D eigenvalue weighted by Gasteiger charge is -2.28. The number of esters is 1. The first kappa shape index (κ1) is 25.3. The van der Waals surface area contributed by atoms with Gasteiger partial charge in [0, 0.05) is 36.3 Å². The van der Waals surface area contributed by atoms with Gasteiger partial charge in [-0.1, -0.05) is 37.6 Å². The molecule has 9 nitrogen and oxygen atoms in total. The van der Waals surface area contributed by atoms with Crippen LogP contribution in [0.15, 0.2) is 59.5 Å². The molecule has 1 aromatic heterocycles. The highest BCUT2D eigenvalue weighted by atomic mass is 16.5. The number of fused-ring (bicyclic) bond motifs is 1. The van der Waals surface area contributed by atoms with Gasteiger partial charge in [0.05, 0.1) is 43.1 Å². The molecule has 36 heavy (non-hydrogen) atoms. The Morgan fingerprint density at radius 3 is 2.75 bits per heavy atom. The molecule has 0 spiro atoms. The zero-order valence-electron chi connectivity index (χ0n) is 20.5. The van der Waals surface area contributed by atoms with E-state index >= 15 is 0 Å². The number of H-pyrrole nitrogens is 1. The Morgan fingerprint density at radius 1 is 1.19 bits per heavy atom. The molecule has 1 saturated heterocycles. The van der Waals surface area contributed by atoms with Crippen LogP contribution in [-0.4, -0.2) is 48.9 Å². The van der Waals surface area contributed by atoms with Crippen molar-refractivity contribution in [1.29, 1.82) is 0 Å². The topological polar surface area (TPSA) is 127 Å². The molecule has 0 radical (unpaired) electrons. The molecule has 0 unspecified atom stereocenters. The molecule has 0 aliphatic carbocycles. The molecule has 1 fully saturated rings. The maximum Gasteiger partial charge on any atom is 0.338 e. The molecule has 2 heterocycles. The second kappa shape index (κ2) is 11.7. The minimum Gasteiger partial charge on any atom is -0.462 e. The van der Waals surface area contributed by atoms with Gasteiger partial charge in [-0.3, -0.25) is 4.79 Å². The molecule has 0 saturated carbocycles. The number of para-hydroxylation sites is 1. The SMILES string of the molecule is CCCCOC(=O)c1cccc(CN(N)/C=C(\N)c2cccc3c(=O)cc(N4CCOCC4)[nH]c23)c1. The number of unbranched alkanes of at least 4 members (excludes halogenated alkanes) is 1. The van der Waals surface area contributed by atoms with Gasteiger partial charge in [-0.25, -0.2) is 10.6 Å². The molecule has 4 rings (SSSR count). The molecule has 1 aliphatic rings. The fourth-order valence-electron chi connectivity index (χ4n) is 4.17. The summed E-state index contributed by atoms with van der Waals surface area (Å²) in [4.78, 5) is 30.6. The van der Waals surface area contributed by atoms with Crippen molar-refractivity contribution < 1.29 is 14.3 Å². The van der Waals surface area contributed by atoms with Crippen molar-refractivity contribution in [3.05, 3.63) is 81.6 Å². The van der Waals surface area contributed by atoms with Crippen LogP contribution in [0.2, 0.25) is 0 Å². The number of aromatic amines is 1. The van der Waals surface area contributed by atoms with Crippen molar-refractivity contribution in [2.45, 2.75) is 26.3 Å². The van der Waals surface area contributed by atoms with Crippen molar-refractivity contribution in [1.82, 2.24) is 9.99 Å². The van der Waals surface area contributed by atoms with E-state index in [0.29, 0.717) is 67.2 Å². The lowest BCUT2D eigenvalue weighted by Crippen LogP contribution is -2.37. The minimum atomic E-state index is -0.347. The maximum absolute atomic E-state index is 12.8. The van der Waals surface area contributed by atoms with Gasteiger partial charge in [-0.15, -0.1) is 0 Å². The summed E-state index contributed by atoms with van der Waals surface area (Å²) in [5.41, 5.74) is 9.45. The third-order valence-electron chi connectivity index (χ3n) is 6.08. The third-order valence-corrected chi connectivity index (χ3v) is 6.08. The van der Waals surface area contributed by atoms with Crippen LogP contribution in [0.5, 0.6) is 0 Å². The third kappa shape index (κ3) is 6.05. The van der Waals surface area contributed by atoms with Crippen molar-refractivity contribution in [3.8, 4) is 0 Å². The summed E-state index contributed by atoms with van der Waals surface area (Å²) in [5.74, 6) is 6.65. The van der Waals surface area contributed by atoms with Crippen LogP contribution < -0.4 is 21.9 Å². The lowest BCUT2D eigenvalue weighted by molar-refractivity contribution is 0.0499. The number of carbonyl (C=O) groups excluding carboxylic acids is 1. The van der Waals surface area contributed by atoms with Crippen LogP contribution in [-0.2, 0) is 16.0 Å². The Kier molecular flexibility index (Phi) is 8.24. The van der Waals surface area contributed by atoms with E-state index in [0.717, 1.165) is 24.2 Å². The first-order valence-corrected chi connectivity index (χ1v) is 12.2. The summed E-state index contributed by atoms with van der Waals surface area (Å²) in [6.45, 7) is 5.42. The molecule has 2 aromatic carbocycles. The second-order valence-electron chi connectivity index (χ2n) is 8.79. The smallest absolute Gasteiger partial charge is 0.338 e. The first-order valence-electron chi connectivity index (χ1n) is 12.2. The van der Waals surface area contributed by atoms with Crippen LogP contribution >= 0.6 is 0 Å². The van der Waals surface area contributed by atoms with Gasteiger partial charge in [0.1, 0.15) is 5.82 Å². The normalized spacial score (nSPS) is 14.2. The maximum atomic E-state index is 12.8. The Bertz CT molecular complexity index is 1300. The number of pyridine rings is 1. The highest BCUT2D eigenvalue weighted by molar-refractivity contribution is 5.91. The van der Waals surface area contributed by atoms with Crippen LogP contribution in [0, 0.1) is 0 Å². The van der Waals surface area contributed by atoms with Crippen LogP contribution in [0.1, 0.15) is 41.3 Å². The second-order valence-corrected chi connectivity index (χ2v) is 8.79. The summed E-state index contributed by atoms with van der Waals surface area (Å²) in [6.07, 6.45) is 3.42. The minimum absolute atomic E-state index is 0.0767. The van der Waals surface area contributed by atoms with E-state index in [1.807, 2.05) is 19.1 Å². The predicted octanol–water partition coefficient (Wildman–Crippen LogP) is 2.95. The number of rotatable bonds is 9. The van der Waals surface area contributed by atoms with Gasteiger partial charge in [-0.05, 0) is 30.2 Å². The number of carbonyl (C=O) groups is 1. The van der Waals surface area contributed by atoms with E-state index < -0.39 is 0 Å². The Hall–Kier alpha value is -3.82. The first-order chi connectivity index (χ1) is 17.5. The largest absolute Gasteiger partial charge is 0.462 e. The molecule has 1 aliphatic heterocycles. The molecular weight excluding hydrogens is 458 g/mol. The fourth-order valence-corrected chi connectivity index (χ4v) is 4.17. The Morgan fingerprint density at radius 2 is 1.97 bits per heavy atom. The van der Waals surface area contributed by atoms with Crippen molar-refractivity contribution in [2.75, 3.05) is 37.8 Å². The van der Waals surface area contributed by atoms with Crippen molar-refractivity contribution in [2.24, 2.45) is 11.6 Å². The van der Waals surface area contributed by atoms with E-state index in [2.05, 4.69) is 9.88 Å². The quantitative estimate of drug-likeness (QED) is 0.180. The number of hydrazine groups is 1. The number of nitrogens with zero attached hydrogens (tertiary/aromatic N) is 2. The molecule has 0 bridgehead atoms. The molecular formula is C27H33N5O4. The number of anilines is 1. The number of aromatic nitrogens is 1. The van der Waals surface area contributed by atoms with E-state index in [-0.39, 0.29) is 11.4 Å². The van der Waals surface area contributed by atoms with E-state index in [4.69, 9.17) is 21.1 Å². The van der Waals surface area contributed by atoms with Crippen LogP contribution in [0.4, 0.5) is 5.82 Å². The van der Waals surface area contributed by atoms with Gasteiger partial charge < -0.3 is 30.1 Å². The number of nitrogens with one attached hydrogen (secondary N) is 1. The van der Waals surface area contributed by atoms with E-state index in [1.165, 1.54) is 5.01 Å².